The fourth-order valence-corrected chi connectivity index (χ4v) is 3.28. The third-order valence-electron chi connectivity index (χ3n) is 5.18. The molecule has 0 fully saturated rings. The van der Waals surface area contributed by atoms with Gasteiger partial charge in [-0.1, -0.05) is 13.8 Å². The van der Waals surface area contributed by atoms with Crippen molar-refractivity contribution in [3.8, 4) is 17.2 Å². The molecule has 0 spiro atoms. The number of ether oxygens (including phenoxy) is 3. The van der Waals surface area contributed by atoms with Gasteiger partial charge in [-0.3, -0.25) is 9.36 Å². The van der Waals surface area contributed by atoms with E-state index in [4.69, 9.17) is 14.2 Å². The van der Waals surface area contributed by atoms with Crippen LogP contribution in [0.25, 0.3) is 16.6 Å². The van der Waals surface area contributed by atoms with Crippen LogP contribution in [-0.2, 0) is 4.74 Å². The van der Waals surface area contributed by atoms with Crippen LogP contribution in [0.1, 0.15) is 24.2 Å². The van der Waals surface area contributed by atoms with E-state index in [-0.39, 0.29) is 11.5 Å². The van der Waals surface area contributed by atoms with Crippen molar-refractivity contribution in [1.29, 1.82) is 0 Å². The van der Waals surface area contributed by atoms with Gasteiger partial charge in [0.2, 0.25) is 0 Å². The molecule has 0 unspecified atom stereocenters. The zero-order chi connectivity index (χ0) is 22.4. The third kappa shape index (κ3) is 4.86. The molecule has 0 atom stereocenters. The standard InChI is InChI=1S/C23H27N3O5/c1-5-25(6-2)11-12-31-23(28)16-7-9-17(10-8-16)26-15-24-19-14-21(30-4)20(29-3)13-18(19)22(26)27/h7-10,13-15H,5-6,11-12H2,1-4H3. The number of benzene rings is 2. The summed E-state index contributed by atoms with van der Waals surface area (Å²) in [6.45, 7) is 7.00. The number of nitrogens with zero attached hydrogens (tertiary/aromatic N) is 3. The van der Waals surface area contributed by atoms with E-state index in [9.17, 15) is 9.59 Å². The minimum atomic E-state index is -0.389. The first-order valence-corrected chi connectivity index (χ1v) is 10.2. The van der Waals surface area contributed by atoms with Crippen LogP contribution in [-0.4, -0.2) is 60.9 Å². The van der Waals surface area contributed by atoms with Gasteiger partial charge in [-0.2, -0.15) is 0 Å². The van der Waals surface area contributed by atoms with Crippen LogP contribution in [0, 0.1) is 0 Å². The van der Waals surface area contributed by atoms with Gasteiger partial charge < -0.3 is 19.1 Å². The molecule has 31 heavy (non-hydrogen) atoms. The van der Waals surface area contributed by atoms with Gasteiger partial charge in [-0.15, -0.1) is 0 Å². The molecule has 8 heteroatoms. The fraction of sp³-hybridized carbons (Fsp3) is 0.348. The topological polar surface area (TPSA) is 82.9 Å². The van der Waals surface area contributed by atoms with Gasteiger partial charge in [0.15, 0.2) is 11.5 Å². The maximum absolute atomic E-state index is 13.0. The lowest BCUT2D eigenvalue weighted by Crippen LogP contribution is -2.27. The number of rotatable bonds is 9. The number of carbonyl (C=O) groups is 1. The van der Waals surface area contributed by atoms with Gasteiger partial charge in [-0.25, -0.2) is 9.78 Å². The maximum atomic E-state index is 13.0. The number of esters is 1. The first kappa shape index (κ1) is 22.3. The van der Waals surface area contributed by atoms with Crippen molar-refractivity contribution < 1.29 is 19.0 Å². The summed E-state index contributed by atoms with van der Waals surface area (Å²) >= 11 is 0. The molecular weight excluding hydrogens is 398 g/mol. The number of methoxy groups -OCH3 is 2. The molecular formula is C23H27N3O5. The quantitative estimate of drug-likeness (QED) is 0.488. The van der Waals surface area contributed by atoms with Crippen LogP contribution in [0.4, 0.5) is 0 Å². The highest BCUT2D eigenvalue weighted by Crippen LogP contribution is 2.30. The lowest BCUT2D eigenvalue weighted by molar-refractivity contribution is 0.0466. The van der Waals surface area contributed by atoms with Gasteiger partial charge in [-0.05, 0) is 43.4 Å². The Balaban J connectivity index is 1.81. The summed E-state index contributed by atoms with van der Waals surface area (Å²) in [6.07, 6.45) is 1.45. The van der Waals surface area contributed by atoms with Crippen LogP contribution in [0.3, 0.4) is 0 Å². The molecule has 2 aromatic carbocycles. The zero-order valence-corrected chi connectivity index (χ0v) is 18.3. The Hall–Kier alpha value is -3.39. The van der Waals surface area contributed by atoms with Gasteiger partial charge in [0, 0.05) is 12.6 Å². The van der Waals surface area contributed by atoms with Gasteiger partial charge in [0.25, 0.3) is 5.56 Å². The Morgan fingerprint density at radius 1 is 1.03 bits per heavy atom. The van der Waals surface area contributed by atoms with Crippen molar-refractivity contribution in [2.45, 2.75) is 13.8 Å². The van der Waals surface area contributed by atoms with Crippen LogP contribution in [0.15, 0.2) is 47.5 Å². The molecule has 3 rings (SSSR count). The molecule has 0 aliphatic carbocycles. The van der Waals surface area contributed by atoms with Gasteiger partial charge in [0.05, 0.1) is 36.4 Å². The first-order chi connectivity index (χ1) is 15.0. The molecule has 0 saturated carbocycles. The summed E-state index contributed by atoms with van der Waals surface area (Å²) in [7, 11) is 3.04. The monoisotopic (exact) mass is 425 g/mol. The van der Waals surface area contributed by atoms with E-state index >= 15 is 0 Å². The Morgan fingerprint density at radius 2 is 1.68 bits per heavy atom. The molecule has 0 radical (unpaired) electrons. The molecule has 1 aromatic heterocycles. The van der Waals surface area contributed by atoms with E-state index < -0.39 is 0 Å². The molecule has 0 aliphatic rings. The molecule has 0 aliphatic heterocycles. The Bertz CT molecular complexity index is 1100. The molecule has 164 valence electrons. The maximum Gasteiger partial charge on any atom is 0.338 e. The van der Waals surface area contributed by atoms with Crippen LogP contribution < -0.4 is 15.0 Å². The van der Waals surface area contributed by atoms with Gasteiger partial charge >= 0.3 is 5.97 Å². The molecule has 0 saturated heterocycles. The minimum absolute atomic E-state index is 0.250. The summed E-state index contributed by atoms with van der Waals surface area (Å²) in [5, 5.41) is 0.403. The van der Waals surface area contributed by atoms with Crippen molar-refractivity contribution >= 4 is 16.9 Å². The van der Waals surface area contributed by atoms with Crippen molar-refractivity contribution in [3.05, 3.63) is 58.6 Å². The lowest BCUT2D eigenvalue weighted by Gasteiger charge is -2.17. The number of aromatic nitrogens is 2. The van der Waals surface area contributed by atoms with E-state index in [1.165, 1.54) is 25.1 Å². The Labute approximate surface area is 181 Å². The highest BCUT2D eigenvalue weighted by atomic mass is 16.5. The number of likely N-dealkylation sites (N-methyl/N-ethyl adjacent to an activating group) is 1. The predicted molar refractivity (Wildman–Crippen MR) is 119 cm³/mol. The average Bonchev–Trinajstić information content (AvgIpc) is 2.81. The number of hydrogen-bond donors (Lipinski definition) is 0. The van der Waals surface area contributed by atoms with Crippen molar-refractivity contribution in [3.63, 3.8) is 0 Å². The molecule has 0 bridgehead atoms. The van der Waals surface area contributed by atoms with Crippen LogP contribution in [0.5, 0.6) is 11.5 Å². The summed E-state index contributed by atoms with van der Waals surface area (Å²) in [4.78, 5) is 31.8. The summed E-state index contributed by atoms with van der Waals surface area (Å²) < 4.78 is 17.3. The van der Waals surface area contributed by atoms with Crippen molar-refractivity contribution in [2.24, 2.45) is 0 Å². The third-order valence-corrected chi connectivity index (χ3v) is 5.18. The molecule has 8 nitrogen and oxygen atoms in total. The largest absolute Gasteiger partial charge is 0.493 e. The Morgan fingerprint density at radius 3 is 2.29 bits per heavy atom. The fourth-order valence-electron chi connectivity index (χ4n) is 3.28. The Kier molecular flexibility index (Phi) is 7.25. The number of carbonyl (C=O) groups excluding carboxylic acids is 1. The lowest BCUT2D eigenvalue weighted by atomic mass is 10.2. The van der Waals surface area contributed by atoms with Crippen LogP contribution >= 0.6 is 0 Å². The minimum Gasteiger partial charge on any atom is -0.493 e. The summed E-state index contributed by atoms with van der Waals surface area (Å²) in [6, 6.07) is 9.94. The second kappa shape index (κ2) is 10.1. The average molecular weight is 425 g/mol. The van der Waals surface area contributed by atoms with E-state index in [1.54, 1.807) is 36.4 Å². The summed E-state index contributed by atoms with van der Waals surface area (Å²) in [5.74, 6) is 0.567. The zero-order valence-electron chi connectivity index (χ0n) is 18.3. The van der Waals surface area contributed by atoms with E-state index in [0.717, 1.165) is 13.1 Å². The second-order valence-corrected chi connectivity index (χ2v) is 6.85. The molecule has 0 amide bonds. The first-order valence-electron chi connectivity index (χ1n) is 10.2. The van der Waals surface area contributed by atoms with E-state index in [0.29, 0.717) is 46.8 Å². The normalized spacial score (nSPS) is 11.0. The van der Waals surface area contributed by atoms with E-state index in [2.05, 4.69) is 23.7 Å². The highest BCUT2D eigenvalue weighted by Gasteiger charge is 2.13. The highest BCUT2D eigenvalue weighted by molar-refractivity contribution is 5.89. The number of fused-ring (bicyclic) bond motifs is 1. The smallest absolute Gasteiger partial charge is 0.338 e. The molecule has 3 aromatic rings. The van der Waals surface area contributed by atoms with E-state index in [1.807, 2.05) is 0 Å². The van der Waals surface area contributed by atoms with Crippen LogP contribution in [0.2, 0.25) is 0 Å². The SMILES string of the molecule is CCN(CC)CCOC(=O)c1ccc(-n2cnc3cc(OC)c(OC)cc3c2=O)cc1. The van der Waals surface area contributed by atoms with Crippen molar-refractivity contribution in [2.75, 3.05) is 40.5 Å². The predicted octanol–water partition coefficient (Wildman–Crippen LogP) is 2.90. The molecule has 0 N–H and O–H groups in total. The molecule has 1 heterocycles. The van der Waals surface area contributed by atoms with Gasteiger partial charge in [0.1, 0.15) is 12.9 Å². The second-order valence-electron chi connectivity index (χ2n) is 6.85. The number of hydrogen-bond acceptors (Lipinski definition) is 7. The summed E-state index contributed by atoms with van der Waals surface area (Å²) in [5.41, 5.74) is 1.28. The van der Waals surface area contributed by atoms with Crippen molar-refractivity contribution in [1.82, 2.24) is 14.5 Å².